The summed E-state index contributed by atoms with van der Waals surface area (Å²) in [5, 5.41) is 36.4. The summed E-state index contributed by atoms with van der Waals surface area (Å²) in [7, 11) is -3.09. The molecular weight excluding hydrogens is 637 g/mol. The summed E-state index contributed by atoms with van der Waals surface area (Å²) in [6, 6.07) is 59.8. The maximum Gasteiger partial charge on any atom is 0.0992 e. The van der Waals surface area contributed by atoms with Gasteiger partial charge in [-0.25, -0.2) is 0 Å². The first-order valence-electron chi connectivity index (χ1n) is 17.1. The van der Waals surface area contributed by atoms with Crippen LogP contribution in [0.2, 0.25) is 0 Å². The van der Waals surface area contributed by atoms with E-state index in [0.717, 1.165) is 49.7 Å². The number of nitrogens with zero attached hydrogens (tertiary/aromatic N) is 4. The van der Waals surface area contributed by atoms with Crippen molar-refractivity contribution in [3.05, 3.63) is 180 Å². The van der Waals surface area contributed by atoms with E-state index in [1.807, 2.05) is 36.4 Å². The van der Waals surface area contributed by atoms with Crippen molar-refractivity contribution in [1.29, 1.82) is 15.8 Å². The lowest BCUT2D eigenvalue weighted by Crippen LogP contribution is -2.75. The normalized spacial score (nSPS) is 13.8. The van der Waals surface area contributed by atoms with Gasteiger partial charge in [0.1, 0.15) is 0 Å². The van der Waals surface area contributed by atoms with Crippen LogP contribution in [-0.4, -0.2) is 12.6 Å². The number of allylic oxidation sites excluding steroid dienone is 1. The van der Waals surface area contributed by atoms with Crippen molar-refractivity contribution in [3.8, 4) is 35.0 Å². The molecule has 0 radical (unpaired) electrons. The zero-order valence-corrected chi connectivity index (χ0v) is 29.1. The third-order valence-corrected chi connectivity index (χ3v) is 15.1. The molecule has 4 nitrogen and oxygen atoms in total. The predicted octanol–water partition coefficient (Wildman–Crippen LogP) is 7.83. The highest BCUT2D eigenvalue weighted by atomic mass is 28.3. The maximum atomic E-state index is 10.4. The number of aromatic nitrogens is 1. The fourth-order valence-electron chi connectivity index (χ4n) is 8.12. The monoisotopic (exact) mass is 668 g/mol. The standard InChI is InChI=1S/C46H32N4Si/c1-32-25-35(31-49)26-42-39-19-11-12-20-43(39)50(46(32)42)44-27-33(29-47)21-23-40(44)41-24-22-34(30-48)28-45(41)51(36-13-5-2-6-14-36,37-15-7-3-8-16-37)38-17-9-4-10-18-38/h2-24,26-28,32H,25H2,1H3/q-1. The van der Waals surface area contributed by atoms with Gasteiger partial charge in [-0.2, -0.15) is 36.5 Å². The first-order chi connectivity index (χ1) is 25.1. The topological polar surface area (TPSA) is 76.3 Å². The van der Waals surface area contributed by atoms with E-state index in [2.05, 4.69) is 151 Å². The van der Waals surface area contributed by atoms with Crippen LogP contribution < -0.4 is 20.7 Å². The van der Waals surface area contributed by atoms with E-state index in [1.54, 1.807) is 0 Å². The lowest BCUT2D eigenvalue weighted by molar-refractivity contribution is 0.711. The van der Waals surface area contributed by atoms with Crippen LogP contribution in [0, 0.1) is 34.0 Å². The summed E-state index contributed by atoms with van der Waals surface area (Å²) in [5.74, 6) is 0.0671. The summed E-state index contributed by atoms with van der Waals surface area (Å²) < 4.78 is 2.31. The summed E-state index contributed by atoms with van der Waals surface area (Å²) >= 11 is 0. The zero-order chi connectivity index (χ0) is 35.0. The highest BCUT2D eigenvalue weighted by molar-refractivity contribution is 7.20. The molecule has 0 saturated carbocycles. The van der Waals surface area contributed by atoms with Gasteiger partial charge in [0.25, 0.3) is 0 Å². The number of nitriles is 3. The highest BCUT2D eigenvalue weighted by Crippen LogP contribution is 2.43. The van der Waals surface area contributed by atoms with Gasteiger partial charge in [-0.15, -0.1) is 0 Å². The summed E-state index contributed by atoms with van der Waals surface area (Å²) in [4.78, 5) is 0. The van der Waals surface area contributed by atoms with Crippen LogP contribution in [0.5, 0.6) is 0 Å². The number of para-hydroxylation sites is 1. The minimum absolute atomic E-state index is 0.0671. The van der Waals surface area contributed by atoms with Crippen molar-refractivity contribution in [3.63, 3.8) is 0 Å². The minimum atomic E-state index is -3.09. The van der Waals surface area contributed by atoms with E-state index >= 15 is 0 Å². The Hall–Kier alpha value is -6.71. The van der Waals surface area contributed by atoms with Gasteiger partial charge in [0.15, 0.2) is 0 Å². The first kappa shape index (κ1) is 31.5. The third kappa shape index (κ3) is 5.10. The molecule has 8 rings (SSSR count). The average Bonchev–Trinajstić information content (AvgIpc) is 3.54. The molecule has 1 aliphatic rings. The molecule has 1 aliphatic carbocycles. The van der Waals surface area contributed by atoms with Crippen molar-refractivity contribution >= 4 is 45.8 Å². The molecule has 1 aromatic heterocycles. The van der Waals surface area contributed by atoms with Crippen molar-refractivity contribution in [2.45, 2.75) is 19.3 Å². The van der Waals surface area contributed by atoms with Crippen LogP contribution >= 0.6 is 0 Å². The number of fused-ring (bicyclic) bond motifs is 3. The molecule has 0 aliphatic heterocycles. The van der Waals surface area contributed by atoms with E-state index in [9.17, 15) is 15.8 Å². The van der Waals surface area contributed by atoms with Gasteiger partial charge >= 0.3 is 0 Å². The quantitative estimate of drug-likeness (QED) is 0.134. The molecule has 5 heteroatoms. The van der Waals surface area contributed by atoms with Crippen LogP contribution in [-0.2, 0) is 0 Å². The van der Waals surface area contributed by atoms with Gasteiger partial charge in [-0.3, -0.25) is 0 Å². The second-order valence-electron chi connectivity index (χ2n) is 13.1. The van der Waals surface area contributed by atoms with E-state index < -0.39 is 8.07 Å². The fourth-order valence-corrected chi connectivity index (χ4v) is 13.1. The lowest BCUT2D eigenvalue weighted by Gasteiger charge is -2.48. The number of hydrogen-bond donors (Lipinski definition) is 0. The molecule has 51 heavy (non-hydrogen) atoms. The smallest absolute Gasteiger partial charge is 0.0992 e. The maximum absolute atomic E-state index is 10.4. The van der Waals surface area contributed by atoms with Gasteiger partial charge in [-0.1, -0.05) is 134 Å². The van der Waals surface area contributed by atoms with E-state index in [-0.39, 0.29) is 5.92 Å². The third-order valence-electron chi connectivity index (χ3n) is 10.2. The number of rotatable bonds is 6. The van der Waals surface area contributed by atoms with Crippen LogP contribution in [0.25, 0.3) is 33.8 Å². The van der Waals surface area contributed by atoms with Crippen molar-refractivity contribution < 1.29 is 0 Å². The molecule has 0 saturated heterocycles. The lowest BCUT2D eigenvalue weighted by atomic mass is 9.88. The summed E-state index contributed by atoms with van der Waals surface area (Å²) in [6.07, 6.45) is 2.68. The summed E-state index contributed by atoms with van der Waals surface area (Å²) in [6.45, 7) is 2.18. The van der Waals surface area contributed by atoms with Crippen LogP contribution in [0.15, 0.2) is 157 Å². The Labute approximate surface area is 299 Å². The van der Waals surface area contributed by atoms with Crippen molar-refractivity contribution in [2.24, 2.45) is 0 Å². The molecule has 6 aromatic carbocycles. The highest BCUT2D eigenvalue weighted by Gasteiger charge is 2.32. The molecular formula is C46H32N4Si-. The molecule has 7 aromatic rings. The molecule has 0 spiro atoms. The van der Waals surface area contributed by atoms with Gasteiger partial charge in [0.2, 0.25) is 0 Å². The van der Waals surface area contributed by atoms with Crippen molar-refractivity contribution in [2.75, 3.05) is 0 Å². The Morgan fingerprint density at radius 2 is 1.12 bits per heavy atom. The van der Waals surface area contributed by atoms with Gasteiger partial charge in [0.05, 0.1) is 35.0 Å². The van der Waals surface area contributed by atoms with Gasteiger partial charge < -0.3 is 4.57 Å². The zero-order valence-electron chi connectivity index (χ0n) is 28.1. The second-order valence-corrected chi connectivity index (χ2v) is 16.9. The number of benzene rings is 6. The first-order valence-corrected chi connectivity index (χ1v) is 19.1. The second kappa shape index (κ2) is 13.0. The molecule has 0 fully saturated rings. The summed E-state index contributed by atoms with van der Waals surface area (Å²) in [5.41, 5.74) is 8.00. The molecule has 241 valence electrons. The Morgan fingerprint density at radius 3 is 1.69 bits per heavy atom. The fraction of sp³-hybridized carbons (Fsp3) is 0.0652. The van der Waals surface area contributed by atoms with Crippen molar-refractivity contribution in [1.82, 2.24) is 4.57 Å². The van der Waals surface area contributed by atoms with Crippen LogP contribution in [0.3, 0.4) is 0 Å². The van der Waals surface area contributed by atoms with E-state index in [4.69, 9.17) is 0 Å². The van der Waals surface area contributed by atoms with E-state index in [1.165, 1.54) is 15.6 Å². The molecule has 0 amide bonds. The molecule has 1 unspecified atom stereocenters. The Bertz CT molecular complexity index is 2500. The molecule has 0 N–H and O–H groups in total. The van der Waals surface area contributed by atoms with E-state index in [0.29, 0.717) is 17.5 Å². The average molecular weight is 669 g/mol. The predicted molar refractivity (Wildman–Crippen MR) is 208 cm³/mol. The molecule has 1 heterocycles. The Balaban J connectivity index is 1.54. The van der Waals surface area contributed by atoms with Gasteiger partial charge in [0, 0.05) is 39.3 Å². The molecule has 0 bridgehead atoms. The molecule has 1 atom stereocenters. The Morgan fingerprint density at radius 1 is 0.588 bits per heavy atom. The largest absolute Gasteiger partial charge is 0.312 e. The Kier molecular flexibility index (Phi) is 8.02. The van der Waals surface area contributed by atoms with Gasteiger partial charge in [-0.05, 0) is 50.4 Å². The SMILES string of the molecule is CC1CC(C#N)=Cc2c1n(-c1cc(C#N)ccc1-c1ccc(C#N)cc1[Si-](c1ccccc1)(c1ccccc1)c1ccccc1)c1ccccc21. The number of hydrogen-bond acceptors (Lipinski definition) is 3. The minimum Gasteiger partial charge on any atom is -0.312 e. The van der Waals surface area contributed by atoms with Crippen LogP contribution in [0.4, 0.5) is 0 Å². The van der Waals surface area contributed by atoms with Crippen LogP contribution in [0.1, 0.15) is 41.6 Å².